The summed E-state index contributed by atoms with van der Waals surface area (Å²) in [6.07, 6.45) is 1.39. The van der Waals surface area contributed by atoms with E-state index in [9.17, 15) is 14.4 Å². The van der Waals surface area contributed by atoms with Crippen LogP contribution in [0.15, 0.2) is 0 Å². The van der Waals surface area contributed by atoms with Crippen LogP contribution >= 0.6 is 0 Å². The number of carbonyl (C=O) groups is 3. The van der Waals surface area contributed by atoms with Crippen molar-refractivity contribution in [2.75, 3.05) is 6.54 Å². The second-order valence-electron chi connectivity index (χ2n) is 6.62. The molecule has 23 heavy (non-hydrogen) atoms. The minimum absolute atomic E-state index is 0. The fourth-order valence-electron chi connectivity index (χ4n) is 2.15. The Morgan fingerprint density at radius 1 is 1.09 bits per heavy atom. The summed E-state index contributed by atoms with van der Waals surface area (Å²) in [4.78, 5) is 34.9. The van der Waals surface area contributed by atoms with Gasteiger partial charge in [0.2, 0.25) is 11.8 Å². The second kappa shape index (κ2) is 10.3. The monoisotopic (exact) mass is 337 g/mol. The Labute approximate surface area is 159 Å². The molecule has 0 spiro atoms. The quantitative estimate of drug-likeness (QED) is 0.333. The van der Waals surface area contributed by atoms with Gasteiger partial charge in [0.25, 0.3) is 0 Å². The van der Waals surface area contributed by atoms with E-state index in [1.807, 2.05) is 13.8 Å². The number of carbonyl (C=O) groups excluding carboxylic acids is 2. The van der Waals surface area contributed by atoms with Crippen LogP contribution in [0.3, 0.4) is 0 Å². The summed E-state index contributed by atoms with van der Waals surface area (Å²) in [6, 6.07) is -2.21. The molecule has 2 amide bonds. The molecule has 1 fully saturated rings. The fraction of sp³-hybridized carbons (Fsp3) is 0.800. The van der Waals surface area contributed by atoms with Crippen LogP contribution in [0.1, 0.15) is 40.5 Å². The number of carboxylic acid groups (broad SMARTS) is 1. The molecule has 7 nitrogen and oxygen atoms in total. The molecule has 8 heteroatoms. The van der Waals surface area contributed by atoms with Crippen LogP contribution in [0.2, 0.25) is 0 Å². The molecule has 0 aliphatic carbocycles. The van der Waals surface area contributed by atoms with Crippen molar-refractivity contribution in [2.24, 2.45) is 11.8 Å². The van der Waals surface area contributed by atoms with E-state index in [0.29, 0.717) is 18.9 Å². The van der Waals surface area contributed by atoms with Crippen molar-refractivity contribution < 1.29 is 19.5 Å². The summed E-state index contributed by atoms with van der Waals surface area (Å²) in [5.74, 6) is -0.969. The number of hydrogen-bond donors (Lipinski definition) is 4. The Morgan fingerprint density at radius 3 is 2.13 bits per heavy atom. The summed E-state index contributed by atoms with van der Waals surface area (Å²) in [6.45, 7) is 8.65. The van der Waals surface area contributed by atoms with Crippen molar-refractivity contribution >= 4 is 47.3 Å². The Kier molecular flexibility index (Phi) is 10.00. The molecule has 128 valence electrons. The molecular weight excluding hydrogens is 309 g/mol. The van der Waals surface area contributed by atoms with Crippen molar-refractivity contribution in [3.63, 3.8) is 0 Å². The van der Waals surface area contributed by atoms with E-state index in [4.69, 9.17) is 5.11 Å². The van der Waals surface area contributed by atoms with Crippen LogP contribution in [0.5, 0.6) is 0 Å². The summed E-state index contributed by atoms with van der Waals surface area (Å²) < 4.78 is 0. The van der Waals surface area contributed by atoms with Crippen LogP contribution < -0.4 is 16.0 Å². The standard InChI is InChI=1S/C15H27N3O4.Na.H/c1-8(2)5-6-16-13(19)10(7-9(3)4)17-14(20)11-12(18-11)15(21)22;;/h8-12,18H,5-7H2,1-4H3,(H,16,19)(H,17,20)(H,21,22);;/t10-,11-,12-;;/m0../s1. The SMILES string of the molecule is CC(C)CCNC(=O)[C@H](CC(C)C)NC(=O)[C@H]1N[C@@H]1C(=O)O.[NaH]. The van der Waals surface area contributed by atoms with E-state index in [2.05, 4.69) is 29.8 Å². The van der Waals surface area contributed by atoms with Gasteiger partial charge in [0, 0.05) is 6.54 Å². The van der Waals surface area contributed by atoms with Gasteiger partial charge in [-0.3, -0.25) is 19.7 Å². The predicted octanol–water partition coefficient (Wildman–Crippen LogP) is -0.544. The van der Waals surface area contributed by atoms with Gasteiger partial charge in [0.05, 0.1) is 0 Å². The maximum absolute atomic E-state index is 12.2. The summed E-state index contributed by atoms with van der Waals surface area (Å²) >= 11 is 0. The first-order valence-corrected chi connectivity index (χ1v) is 7.79. The van der Waals surface area contributed by atoms with Gasteiger partial charge in [-0.15, -0.1) is 0 Å². The average Bonchev–Trinajstić information content (AvgIpc) is 3.16. The Hall–Kier alpha value is -0.630. The Morgan fingerprint density at radius 2 is 1.70 bits per heavy atom. The molecule has 1 rings (SSSR count). The van der Waals surface area contributed by atoms with Crippen LogP contribution in [0, 0.1) is 11.8 Å². The number of rotatable bonds is 9. The van der Waals surface area contributed by atoms with Crippen molar-refractivity contribution in [1.82, 2.24) is 16.0 Å². The molecule has 0 saturated carbocycles. The number of aliphatic carboxylic acids is 1. The first-order chi connectivity index (χ1) is 10.2. The van der Waals surface area contributed by atoms with E-state index in [1.54, 1.807) is 0 Å². The average molecular weight is 337 g/mol. The second-order valence-corrected chi connectivity index (χ2v) is 6.62. The molecule has 0 aromatic rings. The molecule has 1 saturated heterocycles. The van der Waals surface area contributed by atoms with Gasteiger partial charge in [-0.05, 0) is 24.7 Å². The zero-order valence-electron chi connectivity index (χ0n) is 13.7. The fourth-order valence-corrected chi connectivity index (χ4v) is 2.15. The molecular formula is C15H28N3NaO4. The Bertz CT molecular complexity index is 429. The molecule has 1 aliphatic heterocycles. The molecule has 0 bridgehead atoms. The van der Waals surface area contributed by atoms with Crippen molar-refractivity contribution in [2.45, 2.75) is 58.7 Å². The number of carboxylic acids is 1. The van der Waals surface area contributed by atoms with Crippen LogP contribution in [0.4, 0.5) is 0 Å². The molecule has 1 aliphatic rings. The van der Waals surface area contributed by atoms with E-state index < -0.39 is 30.0 Å². The third-order valence-electron chi connectivity index (χ3n) is 3.49. The zero-order valence-corrected chi connectivity index (χ0v) is 13.7. The maximum atomic E-state index is 12.2. The van der Waals surface area contributed by atoms with Crippen LogP contribution in [-0.4, -0.2) is 77.1 Å². The molecule has 4 N–H and O–H groups in total. The minimum atomic E-state index is -1.05. The van der Waals surface area contributed by atoms with E-state index in [1.165, 1.54) is 0 Å². The number of nitrogens with one attached hydrogen (secondary N) is 3. The molecule has 0 aromatic carbocycles. The summed E-state index contributed by atoms with van der Waals surface area (Å²) in [5, 5.41) is 16.9. The van der Waals surface area contributed by atoms with Gasteiger partial charge in [0.1, 0.15) is 18.1 Å². The number of amides is 2. The third-order valence-corrected chi connectivity index (χ3v) is 3.49. The van der Waals surface area contributed by atoms with Gasteiger partial charge in [-0.1, -0.05) is 27.7 Å². The molecule has 0 unspecified atom stereocenters. The normalized spacial score (nSPS) is 20.6. The summed E-state index contributed by atoms with van der Waals surface area (Å²) in [7, 11) is 0. The van der Waals surface area contributed by atoms with Gasteiger partial charge in [-0.2, -0.15) is 0 Å². The zero-order chi connectivity index (χ0) is 16.9. The van der Waals surface area contributed by atoms with Crippen LogP contribution in [0.25, 0.3) is 0 Å². The first-order valence-electron chi connectivity index (χ1n) is 7.79. The molecule has 0 radical (unpaired) electrons. The first kappa shape index (κ1) is 22.4. The van der Waals surface area contributed by atoms with E-state index >= 15 is 0 Å². The predicted molar refractivity (Wildman–Crippen MR) is 89.3 cm³/mol. The van der Waals surface area contributed by atoms with Gasteiger partial charge in [0.15, 0.2) is 0 Å². The van der Waals surface area contributed by atoms with Gasteiger partial charge >= 0.3 is 35.5 Å². The van der Waals surface area contributed by atoms with Crippen LogP contribution in [-0.2, 0) is 14.4 Å². The van der Waals surface area contributed by atoms with Crippen molar-refractivity contribution in [3.05, 3.63) is 0 Å². The molecule has 0 aromatic heterocycles. The molecule has 1 heterocycles. The van der Waals surface area contributed by atoms with Gasteiger partial charge < -0.3 is 15.7 Å². The van der Waals surface area contributed by atoms with Gasteiger partial charge in [-0.25, -0.2) is 0 Å². The number of hydrogen-bond acceptors (Lipinski definition) is 4. The van der Waals surface area contributed by atoms with Crippen molar-refractivity contribution in [1.29, 1.82) is 0 Å². The van der Waals surface area contributed by atoms with Crippen molar-refractivity contribution in [3.8, 4) is 0 Å². The van der Waals surface area contributed by atoms with E-state index in [0.717, 1.165) is 6.42 Å². The third kappa shape index (κ3) is 8.15. The molecule has 3 atom stereocenters. The summed E-state index contributed by atoms with van der Waals surface area (Å²) in [5.41, 5.74) is 0. The van der Waals surface area contributed by atoms with E-state index in [-0.39, 0.29) is 41.4 Å². The Balaban J connectivity index is 0.00000484. The topological polar surface area (TPSA) is 117 Å².